The number of alkyl halides is 3. The van der Waals surface area contributed by atoms with Crippen molar-refractivity contribution in [2.45, 2.75) is 58.0 Å². The fourth-order valence-electron chi connectivity index (χ4n) is 2.80. The van der Waals surface area contributed by atoms with Gasteiger partial charge in [-0.25, -0.2) is 9.18 Å². The topological polar surface area (TPSA) is 89.6 Å². The molecule has 0 aliphatic carbocycles. The summed E-state index contributed by atoms with van der Waals surface area (Å²) in [6.45, 7) is 5.22. The molecule has 0 saturated carbocycles. The summed E-state index contributed by atoms with van der Waals surface area (Å²) >= 11 is 0. The predicted molar refractivity (Wildman–Crippen MR) is 116 cm³/mol. The van der Waals surface area contributed by atoms with E-state index in [4.69, 9.17) is 4.74 Å². The second-order valence-electron chi connectivity index (χ2n) is 8.58. The Bertz CT molecular complexity index is 958. The molecule has 1 aromatic heterocycles. The quantitative estimate of drug-likeness (QED) is 0.539. The predicted octanol–water partition coefficient (Wildman–Crippen LogP) is 4.48. The van der Waals surface area contributed by atoms with Crippen molar-refractivity contribution in [3.8, 4) is 5.75 Å². The molecule has 0 aliphatic heterocycles. The Kier molecular flexibility index (Phi) is 8.83. The molecular weight excluding hydrogens is 458 g/mol. The molecule has 1 aromatic carbocycles. The van der Waals surface area contributed by atoms with Crippen molar-refractivity contribution in [2.24, 2.45) is 0 Å². The van der Waals surface area contributed by atoms with E-state index < -0.39 is 48.3 Å². The highest BCUT2D eigenvalue weighted by molar-refractivity contribution is 5.86. The molecule has 0 unspecified atom stereocenters. The van der Waals surface area contributed by atoms with Gasteiger partial charge in [0.05, 0.1) is 17.9 Å². The van der Waals surface area contributed by atoms with E-state index in [1.807, 2.05) is 0 Å². The Morgan fingerprint density at radius 2 is 1.68 bits per heavy atom. The number of rotatable bonds is 8. The summed E-state index contributed by atoms with van der Waals surface area (Å²) < 4.78 is 59.9. The van der Waals surface area contributed by atoms with Crippen LogP contribution >= 0.6 is 0 Å². The Morgan fingerprint density at radius 3 is 2.21 bits per heavy atom. The summed E-state index contributed by atoms with van der Waals surface area (Å²) in [5.41, 5.74) is 0.189. The normalized spacial score (nSPS) is 13.5. The van der Waals surface area contributed by atoms with Crippen LogP contribution in [0.15, 0.2) is 42.6 Å². The van der Waals surface area contributed by atoms with Crippen LogP contribution in [0.4, 0.5) is 22.4 Å². The molecule has 2 N–H and O–H groups in total. The van der Waals surface area contributed by atoms with Crippen molar-refractivity contribution in [2.75, 3.05) is 6.61 Å². The van der Waals surface area contributed by atoms with E-state index in [0.29, 0.717) is 11.3 Å². The third kappa shape index (κ3) is 9.63. The Morgan fingerprint density at radius 1 is 1.03 bits per heavy atom. The van der Waals surface area contributed by atoms with Gasteiger partial charge in [0.2, 0.25) is 5.91 Å². The van der Waals surface area contributed by atoms with E-state index in [2.05, 4.69) is 20.4 Å². The molecule has 2 amide bonds. The number of hydrogen-bond acceptors (Lipinski definition) is 5. The number of benzene rings is 1. The molecule has 2 aromatic rings. The summed E-state index contributed by atoms with van der Waals surface area (Å²) in [4.78, 5) is 29.2. The van der Waals surface area contributed by atoms with Gasteiger partial charge in [0, 0.05) is 6.42 Å². The van der Waals surface area contributed by atoms with Crippen LogP contribution in [0.1, 0.15) is 45.0 Å². The van der Waals surface area contributed by atoms with E-state index in [1.165, 1.54) is 36.4 Å². The van der Waals surface area contributed by atoms with E-state index in [9.17, 15) is 27.2 Å². The smallest absolute Gasteiger partial charge is 0.422 e. The van der Waals surface area contributed by atoms with Crippen LogP contribution in [0, 0.1) is 5.82 Å². The zero-order chi connectivity index (χ0) is 25.5. The summed E-state index contributed by atoms with van der Waals surface area (Å²) in [6.07, 6.45) is -4.08. The number of halogens is 4. The Hall–Kier alpha value is -3.37. The first kappa shape index (κ1) is 26.9. The maximum atomic E-state index is 13.2. The van der Waals surface area contributed by atoms with Crippen LogP contribution in [0.2, 0.25) is 0 Å². The first-order valence-electron chi connectivity index (χ1n) is 10.4. The molecule has 186 valence electrons. The number of nitrogens with zero attached hydrogens (tertiary/aromatic N) is 1. The summed E-state index contributed by atoms with van der Waals surface area (Å²) in [5, 5.41) is 5.22. The molecule has 0 bridgehead atoms. The standard InChI is InChI=1S/C23H27F4N3O4/c1-14(18-10-9-17(12-28-18)33-13-23(25,26)27)29-20(31)19(30-21(32)34-22(2,3)4)11-15-5-7-16(24)8-6-15/h5-10,12,14,19H,11,13H2,1-4H3,(H,29,31)(H,30,32)/t14-,19-/m1/s1. The maximum absolute atomic E-state index is 13.2. The van der Waals surface area contributed by atoms with Crippen molar-refractivity contribution in [1.29, 1.82) is 0 Å². The minimum atomic E-state index is -4.47. The molecule has 0 radical (unpaired) electrons. The number of aromatic nitrogens is 1. The van der Waals surface area contributed by atoms with Gasteiger partial charge in [0.15, 0.2) is 6.61 Å². The number of nitrogens with one attached hydrogen (secondary N) is 2. The van der Waals surface area contributed by atoms with E-state index in [0.717, 1.165) is 6.20 Å². The lowest BCUT2D eigenvalue weighted by molar-refractivity contribution is -0.153. The van der Waals surface area contributed by atoms with Gasteiger partial charge in [0.25, 0.3) is 0 Å². The second-order valence-corrected chi connectivity index (χ2v) is 8.58. The summed E-state index contributed by atoms with van der Waals surface area (Å²) in [5.74, 6) is -1.06. The monoisotopic (exact) mass is 485 g/mol. The number of carbonyl (C=O) groups excluding carboxylic acids is 2. The van der Waals surface area contributed by atoms with E-state index in [1.54, 1.807) is 27.7 Å². The molecule has 1 heterocycles. The van der Waals surface area contributed by atoms with Gasteiger partial charge >= 0.3 is 12.3 Å². The minimum absolute atomic E-state index is 0.0652. The van der Waals surface area contributed by atoms with Crippen LogP contribution < -0.4 is 15.4 Å². The Balaban J connectivity index is 2.08. The molecule has 34 heavy (non-hydrogen) atoms. The van der Waals surface area contributed by atoms with E-state index in [-0.39, 0.29) is 12.2 Å². The summed E-state index contributed by atoms with van der Waals surface area (Å²) in [6, 6.07) is 6.53. The van der Waals surface area contributed by atoms with Gasteiger partial charge in [-0.2, -0.15) is 13.2 Å². The fourth-order valence-corrected chi connectivity index (χ4v) is 2.80. The zero-order valence-electron chi connectivity index (χ0n) is 19.2. The molecule has 2 atom stereocenters. The van der Waals surface area contributed by atoms with Gasteiger partial charge < -0.3 is 20.1 Å². The van der Waals surface area contributed by atoms with Gasteiger partial charge in [-0.15, -0.1) is 0 Å². The fraction of sp³-hybridized carbons (Fsp3) is 0.435. The molecule has 11 heteroatoms. The highest BCUT2D eigenvalue weighted by atomic mass is 19.4. The van der Waals surface area contributed by atoms with Crippen LogP contribution in [0.3, 0.4) is 0 Å². The number of alkyl carbamates (subject to hydrolysis) is 1. The average molecular weight is 485 g/mol. The van der Waals surface area contributed by atoms with Gasteiger partial charge in [-0.05, 0) is 57.5 Å². The molecular formula is C23H27F4N3O4. The van der Waals surface area contributed by atoms with Crippen molar-refractivity contribution >= 4 is 12.0 Å². The Labute approximate surface area is 194 Å². The van der Waals surface area contributed by atoms with Crippen molar-refractivity contribution < 1.29 is 36.6 Å². The third-order valence-corrected chi connectivity index (χ3v) is 4.32. The van der Waals surface area contributed by atoms with Crippen LogP contribution in [-0.4, -0.2) is 41.4 Å². The van der Waals surface area contributed by atoms with Gasteiger partial charge in [-0.3, -0.25) is 9.78 Å². The lowest BCUT2D eigenvalue weighted by Crippen LogP contribution is -2.49. The maximum Gasteiger partial charge on any atom is 0.422 e. The minimum Gasteiger partial charge on any atom is -0.483 e. The van der Waals surface area contributed by atoms with Crippen molar-refractivity contribution in [3.05, 3.63) is 59.7 Å². The van der Waals surface area contributed by atoms with Crippen LogP contribution in [-0.2, 0) is 16.0 Å². The number of hydrogen-bond donors (Lipinski definition) is 2. The lowest BCUT2D eigenvalue weighted by atomic mass is 10.0. The average Bonchev–Trinajstić information content (AvgIpc) is 2.71. The van der Waals surface area contributed by atoms with Gasteiger partial charge in [-0.1, -0.05) is 12.1 Å². The second kappa shape index (κ2) is 11.2. The molecule has 2 rings (SSSR count). The largest absolute Gasteiger partial charge is 0.483 e. The van der Waals surface area contributed by atoms with Gasteiger partial charge in [0.1, 0.15) is 23.2 Å². The first-order chi connectivity index (χ1) is 15.7. The molecule has 0 fully saturated rings. The highest BCUT2D eigenvalue weighted by Crippen LogP contribution is 2.19. The van der Waals surface area contributed by atoms with Crippen molar-refractivity contribution in [3.63, 3.8) is 0 Å². The number of amides is 2. The van der Waals surface area contributed by atoms with Crippen LogP contribution in [0.25, 0.3) is 0 Å². The van der Waals surface area contributed by atoms with E-state index >= 15 is 0 Å². The number of carbonyl (C=O) groups is 2. The van der Waals surface area contributed by atoms with Crippen molar-refractivity contribution in [1.82, 2.24) is 15.6 Å². The molecule has 7 nitrogen and oxygen atoms in total. The zero-order valence-corrected chi connectivity index (χ0v) is 19.2. The molecule has 0 spiro atoms. The third-order valence-electron chi connectivity index (χ3n) is 4.32. The lowest BCUT2D eigenvalue weighted by Gasteiger charge is -2.24. The number of pyridine rings is 1. The highest BCUT2D eigenvalue weighted by Gasteiger charge is 2.29. The number of ether oxygens (including phenoxy) is 2. The molecule has 0 aliphatic rings. The summed E-state index contributed by atoms with van der Waals surface area (Å²) in [7, 11) is 0. The molecule has 0 saturated heterocycles. The first-order valence-corrected chi connectivity index (χ1v) is 10.4. The SMILES string of the molecule is C[C@@H](NC(=O)[C@@H](Cc1ccc(F)cc1)NC(=O)OC(C)(C)C)c1ccc(OCC(F)(F)F)cn1. The van der Waals surface area contributed by atoms with Crippen LogP contribution in [0.5, 0.6) is 5.75 Å².